The number of ether oxygens (including phenoxy) is 1. The minimum absolute atomic E-state index is 0.0776. The number of esters is 1. The Morgan fingerprint density at radius 3 is 2.43 bits per heavy atom. The number of carbonyl (C=O) groups excluding carboxylic acids is 1. The van der Waals surface area contributed by atoms with Crippen molar-refractivity contribution in [2.45, 2.75) is 58.2 Å². The quantitative estimate of drug-likeness (QED) is 0.867. The zero-order valence-electron chi connectivity index (χ0n) is 13.1. The second-order valence-electron chi connectivity index (χ2n) is 6.23. The molecule has 1 fully saturated rings. The number of piperidine rings is 1. The second-order valence-corrected chi connectivity index (χ2v) is 6.67. The number of quaternary nitrogens is 1. The zero-order chi connectivity index (χ0) is 15.4. The Labute approximate surface area is 132 Å². The lowest BCUT2D eigenvalue weighted by molar-refractivity contribution is -0.953. The summed E-state index contributed by atoms with van der Waals surface area (Å²) in [6, 6.07) is 8.12. The van der Waals surface area contributed by atoms with Gasteiger partial charge in [0.2, 0.25) is 0 Å². The first kappa shape index (κ1) is 16.3. The third-order valence-corrected chi connectivity index (χ3v) is 4.70. The van der Waals surface area contributed by atoms with Gasteiger partial charge in [0.25, 0.3) is 0 Å². The van der Waals surface area contributed by atoms with Crippen molar-refractivity contribution in [3.63, 3.8) is 0 Å². The van der Waals surface area contributed by atoms with E-state index in [1.165, 1.54) is 19.3 Å². The van der Waals surface area contributed by atoms with Crippen LogP contribution in [0, 0.1) is 0 Å². The van der Waals surface area contributed by atoms with E-state index in [0.29, 0.717) is 22.7 Å². The van der Waals surface area contributed by atoms with Crippen molar-refractivity contribution >= 4 is 17.6 Å². The van der Waals surface area contributed by atoms with Crippen LogP contribution in [0.15, 0.2) is 24.3 Å². The molecule has 0 bridgehead atoms. The number of halogens is 1. The summed E-state index contributed by atoms with van der Waals surface area (Å²) in [6.07, 6.45) is 3.76. The van der Waals surface area contributed by atoms with Crippen molar-refractivity contribution in [1.82, 2.24) is 0 Å². The van der Waals surface area contributed by atoms with Crippen LogP contribution in [0.3, 0.4) is 0 Å². The molecule has 4 heteroatoms. The Bertz CT molecular complexity index is 464. The molecule has 0 saturated carbocycles. The van der Waals surface area contributed by atoms with Gasteiger partial charge in [0, 0.05) is 5.02 Å². The molecule has 116 valence electrons. The van der Waals surface area contributed by atoms with Gasteiger partial charge in [0.05, 0.1) is 17.6 Å². The van der Waals surface area contributed by atoms with Crippen molar-refractivity contribution in [1.29, 1.82) is 0 Å². The summed E-state index contributed by atoms with van der Waals surface area (Å²) in [4.78, 5) is 13.6. The van der Waals surface area contributed by atoms with Crippen molar-refractivity contribution in [2.75, 3.05) is 6.54 Å². The second kappa shape index (κ2) is 7.28. The third-order valence-electron chi connectivity index (χ3n) is 4.45. The number of hydrogen-bond donors (Lipinski definition) is 1. The minimum atomic E-state index is -0.268. The van der Waals surface area contributed by atoms with Crippen LogP contribution in [0.2, 0.25) is 5.02 Å². The molecule has 1 aliphatic heterocycles. The van der Waals surface area contributed by atoms with E-state index in [0.717, 1.165) is 6.54 Å². The highest BCUT2D eigenvalue weighted by molar-refractivity contribution is 6.30. The van der Waals surface area contributed by atoms with E-state index in [9.17, 15) is 4.79 Å². The fourth-order valence-electron chi connectivity index (χ4n) is 3.20. The lowest BCUT2D eigenvalue weighted by Crippen LogP contribution is -3.20. The van der Waals surface area contributed by atoms with E-state index in [4.69, 9.17) is 16.3 Å². The summed E-state index contributed by atoms with van der Waals surface area (Å²) in [5.41, 5.74) is 0.556. The van der Waals surface area contributed by atoms with E-state index in [1.54, 1.807) is 29.2 Å². The molecule has 0 radical (unpaired) electrons. The Kier molecular flexibility index (Phi) is 5.65. The van der Waals surface area contributed by atoms with E-state index >= 15 is 0 Å². The van der Waals surface area contributed by atoms with Crippen LogP contribution >= 0.6 is 11.6 Å². The molecular weight excluding hydrogens is 286 g/mol. The molecule has 1 aliphatic rings. The number of carbonyl (C=O) groups is 1. The molecule has 0 unspecified atom stereocenters. The van der Waals surface area contributed by atoms with Gasteiger partial charge in [0.15, 0.2) is 0 Å². The standard InChI is InChI=1S/C17H24ClNO2/c1-12-5-4-6-13(2)19(12)11-14(3)21-17(20)15-7-9-16(18)10-8-15/h7-10,12-14H,4-6,11H2,1-3H3/p+1/t12-,13-,14-/m1/s1. The largest absolute Gasteiger partial charge is 0.453 e. The first-order valence-electron chi connectivity index (χ1n) is 7.79. The highest BCUT2D eigenvalue weighted by Crippen LogP contribution is 2.11. The molecule has 1 heterocycles. The SMILES string of the molecule is C[C@H](C[NH+]1[C@H](C)CCC[C@H]1C)OC(=O)c1ccc(Cl)cc1. The van der Waals surface area contributed by atoms with E-state index < -0.39 is 0 Å². The van der Waals surface area contributed by atoms with Crippen LogP contribution in [0.1, 0.15) is 50.4 Å². The predicted molar refractivity (Wildman–Crippen MR) is 84.9 cm³/mol. The lowest BCUT2D eigenvalue weighted by Gasteiger charge is -2.37. The van der Waals surface area contributed by atoms with E-state index in [2.05, 4.69) is 13.8 Å². The monoisotopic (exact) mass is 310 g/mol. The van der Waals surface area contributed by atoms with Gasteiger partial charge in [-0.25, -0.2) is 4.79 Å². The van der Waals surface area contributed by atoms with Crippen molar-refractivity contribution in [3.05, 3.63) is 34.9 Å². The molecule has 0 aromatic heterocycles. The average molecular weight is 311 g/mol. The fraction of sp³-hybridized carbons (Fsp3) is 0.588. The molecule has 2 rings (SSSR count). The smallest absolute Gasteiger partial charge is 0.338 e. The number of likely N-dealkylation sites (tertiary alicyclic amines) is 1. The number of rotatable bonds is 4. The molecule has 0 spiro atoms. The van der Waals surface area contributed by atoms with Gasteiger partial charge in [-0.1, -0.05) is 11.6 Å². The maximum absolute atomic E-state index is 12.1. The van der Waals surface area contributed by atoms with Gasteiger partial charge in [-0.2, -0.15) is 0 Å². The highest BCUT2D eigenvalue weighted by Gasteiger charge is 2.30. The van der Waals surface area contributed by atoms with Gasteiger partial charge in [0.1, 0.15) is 12.6 Å². The van der Waals surface area contributed by atoms with Crippen LogP contribution in [0.4, 0.5) is 0 Å². The van der Waals surface area contributed by atoms with E-state index in [1.807, 2.05) is 6.92 Å². The van der Waals surface area contributed by atoms with Gasteiger partial charge >= 0.3 is 5.97 Å². The molecule has 21 heavy (non-hydrogen) atoms. The van der Waals surface area contributed by atoms with Gasteiger partial charge in [-0.15, -0.1) is 0 Å². The molecule has 1 aromatic carbocycles. The van der Waals surface area contributed by atoms with Crippen LogP contribution in [-0.2, 0) is 4.74 Å². The van der Waals surface area contributed by atoms with Crippen molar-refractivity contribution in [2.24, 2.45) is 0 Å². The number of hydrogen-bond acceptors (Lipinski definition) is 2. The van der Waals surface area contributed by atoms with Gasteiger partial charge in [-0.3, -0.25) is 0 Å². The molecule has 1 N–H and O–H groups in total. The molecule has 0 amide bonds. The summed E-state index contributed by atoms with van der Waals surface area (Å²) in [5, 5.41) is 0.625. The first-order valence-corrected chi connectivity index (χ1v) is 8.17. The molecule has 1 saturated heterocycles. The van der Waals surface area contributed by atoms with Crippen molar-refractivity contribution < 1.29 is 14.4 Å². The highest BCUT2D eigenvalue weighted by atomic mass is 35.5. The molecule has 3 atom stereocenters. The Hall–Kier alpha value is -1.06. The van der Waals surface area contributed by atoms with Crippen LogP contribution in [0.5, 0.6) is 0 Å². The Morgan fingerprint density at radius 1 is 1.29 bits per heavy atom. The maximum Gasteiger partial charge on any atom is 0.338 e. The van der Waals surface area contributed by atoms with E-state index in [-0.39, 0.29) is 12.1 Å². The predicted octanol–water partition coefficient (Wildman–Crippen LogP) is 2.73. The minimum Gasteiger partial charge on any atom is -0.453 e. The van der Waals surface area contributed by atoms with Crippen LogP contribution in [0.25, 0.3) is 0 Å². The zero-order valence-corrected chi connectivity index (χ0v) is 13.8. The molecular formula is C17H25ClNO2+. The normalized spacial score (nSPS) is 24.6. The fourth-order valence-corrected chi connectivity index (χ4v) is 3.33. The summed E-state index contributed by atoms with van der Waals surface area (Å²) in [5.74, 6) is -0.268. The van der Waals surface area contributed by atoms with Crippen LogP contribution < -0.4 is 4.90 Å². The topological polar surface area (TPSA) is 30.7 Å². The lowest BCUT2D eigenvalue weighted by atomic mass is 9.97. The Morgan fingerprint density at radius 2 is 1.86 bits per heavy atom. The van der Waals surface area contributed by atoms with Crippen molar-refractivity contribution in [3.8, 4) is 0 Å². The summed E-state index contributed by atoms with van der Waals surface area (Å²) in [6.45, 7) is 7.44. The number of nitrogens with one attached hydrogen (secondary N) is 1. The third kappa shape index (κ3) is 4.45. The Balaban J connectivity index is 1.90. The maximum atomic E-state index is 12.1. The van der Waals surface area contributed by atoms with Crippen LogP contribution in [-0.4, -0.2) is 30.7 Å². The molecule has 1 aromatic rings. The summed E-state index contributed by atoms with van der Waals surface area (Å²) < 4.78 is 5.57. The summed E-state index contributed by atoms with van der Waals surface area (Å²) >= 11 is 5.83. The first-order chi connectivity index (χ1) is 9.97. The molecule has 0 aliphatic carbocycles. The average Bonchev–Trinajstić information content (AvgIpc) is 2.43. The summed E-state index contributed by atoms with van der Waals surface area (Å²) in [7, 11) is 0. The van der Waals surface area contributed by atoms with Gasteiger partial charge in [-0.05, 0) is 64.3 Å². The number of benzene rings is 1. The van der Waals surface area contributed by atoms with Gasteiger partial charge < -0.3 is 9.64 Å². The molecule has 3 nitrogen and oxygen atoms in total.